The molecule has 6 nitrogen and oxygen atoms in total. The maximum absolute atomic E-state index is 13.3. The zero-order chi connectivity index (χ0) is 23.5. The van der Waals surface area contributed by atoms with Gasteiger partial charge < -0.3 is 9.64 Å². The van der Waals surface area contributed by atoms with E-state index in [4.69, 9.17) is 9.84 Å². The molecule has 7 heteroatoms. The fourth-order valence-electron chi connectivity index (χ4n) is 4.37. The zero-order valence-electron chi connectivity index (χ0n) is 18.5. The van der Waals surface area contributed by atoms with E-state index in [1.165, 1.54) is 12.1 Å². The van der Waals surface area contributed by atoms with Crippen molar-refractivity contribution in [1.82, 2.24) is 9.78 Å². The van der Waals surface area contributed by atoms with Gasteiger partial charge in [0.2, 0.25) is 6.41 Å². The lowest BCUT2D eigenvalue weighted by atomic mass is 10.0. The van der Waals surface area contributed by atoms with Crippen LogP contribution in [-0.4, -0.2) is 22.8 Å². The lowest BCUT2D eigenvalue weighted by molar-refractivity contribution is -0.107. The van der Waals surface area contributed by atoms with Crippen molar-refractivity contribution in [3.8, 4) is 17.3 Å². The summed E-state index contributed by atoms with van der Waals surface area (Å²) in [7, 11) is 0. The quantitative estimate of drug-likeness (QED) is 0.357. The van der Waals surface area contributed by atoms with Gasteiger partial charge in [0, 0.05) is 23.2 Å². The number of nitrogens with zero attached hydrogens (tertiary/aromatic N) is 4. The third-order valence-electron chi connectivity index (χ3n) is 6.11. The second-order valence-corrected chi connectivity index (χ2v) is 8.37. The Kier molecular flexibility index (Phi) is 6.07. The zero-order valence-corrected chi connectivity index (χ0v) is 18.5. The molecule has 1 aliphatic heterocycles. The predicted octanol–water partition coefficient (Wildman–Crippen LogP) is 5.58. The number of rotatable bonds is 6. The van der Waals surface area contributed by atoms with Crippen LogP contribution in [0.3, 0.4) is 0 Å². The van der Waals surface area contributed by atoms with E-state index in [0.29, 0.717) is 24.4 Å². The van der Waals surface area contributed by atoms with Crippen molar-refractivity contribution in [3.05, 3.63) is 83.7 Å². The largest absolute Gasteiger partial charge is 0.356 e. The minimum absolute atomic E-state index is 0.147. The Morgan fingerprint density at radius 1 is 1.15 bits per heavy atom. The molecule has 1 unspecified atom stereocenters. The molecule has 3 aromatic carbocycles. The molecule has 1 aliphatic rings. The van der Waals surface area contributed by atoms with Gasteiger partial charge in [0.25, 0.3) is 0 Å². The molecule has 4 aromatic rings. The summed E-state index contributed by atoms with van der Waals surface area (Å²) in [5.41, 5.74) is 4.55. The summed E-state index contributed by atoms with van der Waals surface area (Å²) in [5.74, 6) is -0.315. The molecule has 170 valence electrons. The number of nitriles is 1. The number of aromatic nitrogens is 2. The predicted molar refractivity (Wildman–Crippen MR) is 127 cm³/mol. The lowest BCUT2D eigenvalue weighted by Gasteiger charge is -2.23. The van der Waals surface area contributed by atoms with Crippen molar-refractivity contribution in [2.75, 3.05) is 11.5 Å². The monoisotopic (exact) mass is 454 g/mol. The van der Waals surface area contributed by atoms with Crippen LogP contribution < -0.4 is 4.90 Å². The van der Waals surface area contributed by atoms with Crippen LogP contribution >= 0.6 is 0 Å². The lowest BCUT2D eigenvalue weighted by Crippen LogP contribution is -2.20. The summed E-state index contributed by atoms with van der Waals surface area (Å²) in [6, 6.07) is 21.4. The van der Waals surface area contributed by atoms with Gasteiger partial charge in [-0.25, -0.2) is 9.07 Å². The molecule has 0 N–H and O–H groups in total. The summed E-state index contributed by atoms with van der Waals surface area (Å²) in [5, 5.41) is 15.2. The van der Waals surface area contributed by atoms with Crippen LogP contribution in [-0.2, 0) is 16.1 Å². The highest BCUT2D eigenvalue weighted by Crippen LogP contribution is 2.34. The number of hydrogen-bond acceptors (Lipinski definition) is 4. The molecular formula is C27H23FN4O2. The maximum Gasteiger partial charge on any atom is 0.214 e. The fraction of sp³-hybridized carbons (Fsp3) is 0.222. The maximum atomic E-state index is 13.3. The fourth-order valence-corrected chi connectivity index (χ4v) is 4.37. The summed E-state index contributed by atoms with van der Waals surface area (Å²) in [4.78, 5) is 13.5. The van der Waals surface area contributed by atoms with Gasteiger partial charge in [-0.1, -0.05) is 24.3 Å². The number of ether oxygens (including phenoxy) is 1. The molecule has 0 aliphatic carbocycles. The molecule has 0 saturated carbocycles. The average molecular weight is 455 g/mol. The number of benzene rings is 3. The number of carbonyl (C=O) groups excluding carboxylic acids is 1. The van der Waals surface area contributed by atoms with Crippen molar-refractivity contribution in [2.24, 2.45) is 0 Å². The number of hydrogen-bond donors (Lipinski definition) is 0. The van der Waals surface area contributed by atoms with Gasteiger partial charge in [-0.2, -0.15) is 10.4 Å². The third kappa shape index (κ3) is 4.28. The van der Waals surface area contributed by atoms with Crippen molar-refractivity contribution in [2.45, 2.75) is 32.0 Å². The summed E-state index contributed by atoms with van der Waals surface area (Å²) >= 11 is 0. The van der Waals surface area contributed by atoms with Crippen LogP contribution in [0, 0.1) is 17.1 Å². The van der Waals surface area contributed by atoms with Crippen molar-refractivity contribution < 1.29 is 13.9 Å². The normalized spacial score (nSPS) is 15.7. The van der Waals surface area contributed by atoms with Crippen LogP contribution in [0.25, 0.3) is 22.2 Å². The van der Waals surface area contributed by atoms with E-state index in [-0.39, 0.29) is 12.0 Å². The van der Waals surface area contributed by atoms with Crippen LogP contribution in [0.2, 0.25) is 0 Å². The third-order valence-corrected chi connectivity index (χ3v) is 6.11. The molecule has 1 aromatic heterocycles. The molecule has 5 rings (SSSR count). The highest BCUT2D eigenvalue weighted by atomic mass is 19.1. The molecule has 1 saturated heterocycles. The Bertz CT molecular complexity index is 1370. The Hall–Kier alpha value is -4.02. The van der Waals surface area contributed by atoms with Crippen molar-refractivity contribution >= 4 is 23.0 Å². The van der Waals surface area contributed by atoms with Gasteiger partial charge in [-0.05, 0) is 67.3 Å². The Morgan fingerprint density at radius 2 is 2.00 bits per heavy atom. The minimum atomic E-state index is -0.315. The standard InChI is InChI=1S/C27H23FN4O2/c28-22-10-7-19(8-11-22)17-31(18-33)23-5-3-4-21(15-23)27-24-14-20(16-29)9-12-25(24)32(30-27)26-6-1-2-13-34-26/h3-5,7-12,14-15,18,26H,1-2,6,13,17H2. The molecule has 34 heavy (non-hydrogen) atoms. The number of amides is 1. The molecular weight excluding hydrogens is 431 g/mol. The molecule has 0 bridgehead atoms. The highest BCUT2D eigenvalue weighted by molar-refractivity contribution is 5.95. The van der Waals surface area contributed by atoms with Gasteiger partial charge in [0.15, 0.2) is 6.23 Å². The van der Waals surface area contributed by atoms with E-state index >= 15 is 0 Å². The number of carbonyl (C=O) groups is 1. The van der Waals surface area contributed by atoms with E-state index < -0.39 is 0 Å². The second-order valence-electron chi connectivity index (χ2n) is 8.37. The first-order valence-electron chi connectivity index (χ1n) is 11.3. The van der Waals surface area contributed by atoms with E-state index in [1.807, 2.05) is 41.1 Å². The second kappa shape index (κ2) is 9.46. The average Bonchev–Trinajstić information content (AvgIpc) is 3.28. The first kappa shape index (κ1) is 21.8. The first-order valence-corrected chi connectivity index (χ1v) is 11.3. The molecule has 0 radical (unpaired) electrons. The Balaban J connectivity index is 1.55. The number of anilines is 1. The molecule has 1 fully saturated rings. The van der Waals surface area contributed by atoms with Gasteiger partial charge in [-0.3, -0.25) is 4.79 Å². The number of halogens is 1. The summed E-state index contributed by atoms with van der Waals surface area (Å²) < 4.78 is 21.2. The van der Waals surface area contributed by atoms with Crippen molar-refractivity contribution in [1.29, 1.82) is 5.26 Å². The Morgan fingerprint density at radius 3 is 2.74 bits per heavy atom. The van der Waals surface area contributed by atoms with Crippen molar-refractivity contribution in [3.63, 3.8) is 0 Å². The van der Waals surface area contributed by atoms with E-state index in [9.17, 15) is 14.4 Å². The van der Waals surface area contributed by atoms with Crippen LogP contribution in [0.15, 0.2) is 66.7 Å². The Labute approximate surface area is 196 Å². The van der Waals surface area contributed by atoms with Gasteiger partial charge in [0.1, 0.15) is 11.5 Å². The molecule has 2 heterocycles. The molecule has 1 atom stereocenters. The number of fused-ring (bicyclic) bond motifs is 1. The first-order chi connectivity index (χ1) is 16.7. The van der Waals surface area contributed by atoms with Gasteiger partial charge in [-0.15, -0.1) is 0 Å². The van der Waals surface area contributed by atoms with Crippen LogP contribution in [0.5, 0.6) is 0 Å². The minimum Gasteiger partial charge on any atom is -0.356 e. The van der Waals surface area contributed by atoms with E-state index in [0.717, 1.165) is 53.4 Å². The summed E-state index contributed by atoms with van der Waals surface area (Å²) in [6.45, 7) is 1.02. The molecule has 1 amide bonds. The highest BCUT2D eigenvalue weighted by Gasteiger charge is 2.22. The van der Waals surface area contributed by atoms with Gasteiger partial charge in [0.05, 0.1) is 23.7 Å². The van der Waals surface area contributed by atoms with E-state index in [2.05, 4.69) is 6.07 Å². The molecule has 0 spiro atoms. The summed E-state index contributed by atoms with van der Waals surface area (Å²) in [6.07, 6.45) is 3.62. The van der Waals surface area contributed by atoms with Gasteiger partial charge >= 0.3 is 0 Å². The van der Waals surface area contributed by atoms with Crippen LogP contribution in [0.4, 0.5) is 10.1 Å². The topological polar surface area (TPSA) is 71.2 Å². The van der Waals surface area contributed by atoms with Crippen LogP contribution in [0.1, 0.15) is 36.6 Å². The SMILES string of the molecule is N#Cc1ccc2c(c1)c(-c1cccc(N(C=O)Cc3ccc(F)cc3)c1)nn2C1CCCCO1. The smallest absolute Gasteiger partial charge is 0.214 e. The van der Waals surface area contributed by atoms with E-state index in [1.54, 1.807) is 23.1 Å².